The molecule has 1 aliphatic carbocycles. The summed E-state index contributed by atoms with van der Waals surface area (Å²) >= 11 is 0. The standard InChI is InChI=1S/C13H23N3/c1-11(2)16-9-12(8-15-16)7-14-10-13(3)5-4-6-13/h8-9,11,14H,4-7,10H2,1-3H3. The third-order valence-corrected chi connectivity index (χ3v) is 3.63. The molecule has 3 heteroatoms. The molecule has 0 spiro atoms. The number of rotatable bonds is 5. The lowest BCUT2D eigenvalue weighted by Crippen LogP contribution is -2.36. The van der Waals surface area contributed by atoms with Gasteiger partial charge in [-0.15, -0.1) is 0 Å². The highest BCUT2D eigenvalue weighted by Gasteiger charge is 2.30. The van der Waals surface area contributed by atoms with Crippen molar-refractivity contribution < 1.29 is 0 Å². The largest absolute Gasteiger partial charge is 0.312 e. The summed E-state index contributed by atoms with van der Waals surface area (Å²) < 4.78 is 2.02. The first-order valence-electron chi connectivity index (χ1n) is 6.33. The quantitative estimate of drug-likeness (QED) is 0.828. The van der Waals surface area contributed by atoms with E-state index in [9.17, 15) is 0 Å². The molecule has 0 amide bonds. The predicted octanol–water partition coefficient (Wildman–Crippen LogP) is 2.74. The van der Waals surface area contributed by atoms with E-state index >= 15 is 0 Å². The molecule has 0 aliphatic heterocycles. The first kappa shape index (κ1) is 11.6. The van der Waals surface area contributed by atoms with Gasteiger partial charge in [0.2, 0.25) is 0 Å². The molecule has 3 nitrogen and oxygen atoms in total. The Bertz CT molecular complexity index is 337. The van der Waals surface area contributed by atoms with E-state index in [1.807, 2.05) is 10.9 Å². The van der Waals surface area contributed by atoms with Crippen LogP contribution < -0.4 is 5.32 Å². The zero-order chi connectivity index (χ0) is 11.6. The molecule has 1 fully saturated rings. The lowest BCUT2D eigenvalue weighted by molar-refractivity contribution is 0.156. The second-order valence-electron chi connectivity index (χ2n) is 5.69. The second kappa shape index (κ2) is 4.58. The summed E-state index contributed by atoms with van der Waals surface area (Å²) in [6.07, 6.45) is 8.27. The van der Waals surface area contributed by atoms with Crippen LogP contribution in [0.3, 0.4) is 0 Å². The van der Waals surface area contributed by atoms with E-state index in [1.54, 1.807) is 0 Å². The number of hydrogen-bond acceptors (Lipinski definition) is 2. The van der Waals surface area contributed by atoms with Crippen LogP contribution in [0.15, 0.2) is 12.4 Å². The van der Waals surface area contributed by atoms with E-state index in [0.717, 1.165) is 13.1 Å². The van der Waals surface area contributed by atoms with Crippen LogP contribution in [0.2, 0.25) is 0 Å². The fourth-order valence-corrected chi connectivity index (χ4v) is 2.22. The summed E-state index contributed by atoms with van der Waals surface area (Å²) in [5, 5.41) is 7.88. The minimum atomic E-state index is 0.456. The van der Waals surface area contributed by atoms with Crippen molar-refractivity contribution in [1.29, 1.82) is 0 Å². The molecule has 1 aromatic heterocycles. The van der Waals surface area contributed by atoms with Crippen molar-refractivity contribution in [2.75, 3.05) is 6.54 Å². The van der Waals surface area contributed by atoms with Crippen molar-refractivity contribution in [2.45, 2.75) is 52.6 Å². The molecule has 0 radical (unpaired) electrons. The molecular formula is C13H23N3. The van der Waals surface area contributed by atoms with Gasteiger partial charge in [0.25, 0.3) is 0 Å². The van der Waals surface area contributed by atoms with Crippen molar-refractivity contribution in [3.05, 3.63) is 18.0 Å². The third-order valence-electron chi connectivity index (χ3n) is 3.63. The Morgan fingerprint density at radius 2 is 2.25 bits per heavy atom. The van der Waals surface area contributed by atoms with Crippen LogP contribution in [0.4, 0.5) is 0 Å². The Labute approximate surface area is 98.2 Å². The molecule has 0 aromatic carbocycles. The number of nitrogens with zero attached hydrogens (tertiary/aromatic N) is 2. The van der Waals surface area contributed by atoms with Gasteiger partial charge in [0, 0.05) is 30.9 Å². The Hall–Kier alpha value is -0.830. The molecule has 1 aliphatic rings. The SMILES string of the molecule is CC(C)n1cc(CNCC2(C)CCC2)cn1. The average molecular weight is 221 g/mol. The number of aromatic nitrogens is 2. The third kappa shape index (κ3) is 2.64. The average Bonchev–Trinajstić information content (AvgIpc) is 2.64. The molecule has 0 saturated heterocycles. The number of nitrogens with one attached hydrogen (secondary N) is 1. The van der Waals surface area contributed by atoms with Crippen LogP contribution in [0.25, 0.3) is 0 Å². The summed E-state index contributed by atoms with van der Waals surface area (Å²) in [7, 11) is 0. The highest BCUT2D eigenvalue weighted by molar-refractivity contribution is 5.04. The molecule has 90 valence electrons. The van der Waals surface area contributed by atoms with Crippen LogP contribution in [-0.4, -0.2) is 16.3 Å². The topological polar surface area (TPSA) is 29.9 Å². The lowest BCUT2D eigenvalue weighted by Gasteiger charge is -2.38. The Balaban J connectivity index is 1.76. The van der Waals surface area contributed by atoms with Gasteiger partial charge in [0.1, 0.15) is 0 Å². The molecule has 16 heavy (non-hydrogen) atoms. The fourth-order valence-electron chi connectivity index (χ4n) is 2.22. The van der Waals surface area contributed by atoms with Gasteiger partial charge in [-0.1, -0.05) is 13.3 Å². The van der Waals surface area contributed by atoms with Crippen molar-refractivity contribution >= 4 is 0 Å². The van der Waals surface area contributed by atoms with Gasteiger partial charge in [-0.05, 0) is 32.1 Å². The maximum absolute atomic E-state index is 4.34. The van der Waals surface area contributed by atoms with Crippen LogP contribution >= 0.6 is 0 Å². The summed E-state index contributed by atoms with van der Waals surface area (Å²) in [5.74, 6) is 0. The van der Waals surface area contributed by atoms with Gasteiger partial charge in [0.05, 0.1) is 6.20 Å². The minimum absolute atomic E-state index is 0.456. The summed E-state index contributed by atoms with van der Waals surface area (Å²) in [6.45, 7) is 8.77. The smallest absolute Gasteiger partial charge is 0.0534 e. The van der Waals surface area contributed by atoms with Gasteiger partial charge < -0.3 is 5.32 Å². The molecule has 2 rings (SSSR count). The van der Waals surface area contributed by atoms with Gasteiger partial charge >= 0.3 is 0 Å². The first-order valence-corrected chi connectivity index (χ1v) is 6.33. The van der Waals surface area contributed by atoms with Gasteiger partial charge in [-0.2, -0.15) is 5.10 Å². The van der Waals surface area contributed by atoms with E-state index in [0.29, 0.717) is 11.5 Å². The maximum Gasteiger partial charge on any atom is 0.0534 e. The van der Waals surface area contributed by atoms with E-state index in [-0.39, 0.29) is 0 Å². The van der Waals surface area contributed by atoms with E-state index in [4.69, 9.17) is 0 Å². The number of hydrogen-bond donors (Lipinski definition) is 1. The predicted molar refractivity (Wildman–Crippen MR) is 66.3 cm³/mol. The molecule has 0 unspecified atom stereocenters. The molecular weight excluding hydrogens is 198 g/mol. The Kier molecular flexibility index (Phi) is 3.33. The van der Waals surface area contributed by atoms with E-state index in [2.05, 4.69) is 37.4 Å². The zero-order valence-electron chi connectivity index (χ0n) is 10.7. The van der Waals surface area contributed by atoms with Crippen molar-refractivity contribution in [1.82, 2.24) is 15.1 Å². The van der Waals surface area contributed by atoms with Gasteiger partial charge in [-0.25, -0.2) is 0 Å². The van der Waals surface area contributed by atoms with Gasteiger partial charge in [-0.3, -0.25) is 4.68 Å². The van der Waals surface area contributed by atoms with Crippen LogP contribution in [0, 0.1) is 5.41 Å². The molecule has 1 saturated carbocycles. The maximum atomic E-state index is 4.34. The first-order chi connectivity index (χ1) is 7.59. The van der Waals surface area contributed by atoms with Crippen LogP contribution in [-0.2, 0) is 6.54 Å². The van der Waals surface area contributed by atoms with Crippen LogP contribution in [0.5, 0.6) is 0 Å². The summed E-state index contributed by atoms with van der Waals surface area (Å²) in [5.41, 5.74) is 1.85. The van der Waals surface area contributed by atoms with Gasteiger partial charge in [0.15, 0.2) is 0 Å². The minimum Gasteiger partial charge on any atom is -0.312 e. The highest BCUT2D eigenvalue weighted by Crippen LogP contribution is 2.39. The Morgan fingerprint density at radius 1 is 1.50 bits per heavy atom. The Morgan fingerprint density at radius 3 is 2.75 bits per heavy atom. The molecule has 0 atom stereocenters. The normalized spacial score (nSPS) is 18.8. The summed E-state index contributed by atoms with van der Waals surface area (Å²) in [6, 6.07) is 0.456. The monoisotopic (exact) mass is 221 g/mol. The molecule has 1 N–H and O–H groups in total. The van der Waals surface area contributed by atoms with E-state index in [1.165, 1.54) is 24.8 Å². The van der Waals surface area contributed by atoms with E-state index < -0.39 is 0 Å². The second-order valence-corrected chi connectivity index (χ2v) is 5.69. The van der Waals surface area contributed by atoms with Crippen molar-refractivity contribution in [3.8, 4) is 0 Å². The molecule has 1 heterocycles. The van der Waals surface area contributed by atoms with Crippen molar-refractivity contribution in [2.24, 2.45) is 5.41 Å². The highest BCUT2D eigenvalue weighted by atomic mass is 15.3. The molecule has 0 bridgehead atoms. The summed E-state index contributed by atoms with van der Waals surface area (Å²) in [4.78, 5) is 0. The van der Waals surface area contributed by atoms with Crippen molar-refractivity contribution in [3.63, 3.8) is 0 Å². The molecule has 1 aromatic rings. The fraction of sp³-hybridized carbons (Fsp3) is 0.769. The zero-order valence-corrected chi connectivity index (χ0v) is 10.7. The van der Waals surface area contributed by atoms with Crippen LogP contribution in [0.1, 0.15) is 51.6 Å². The lowest BCUT2D eigenvalue weighted by atomic mass is 9.70.